The summed E-state index contributed by atoms with van der Waals surface area (Å²) in [5.41, 5.74) is 0.628. The second kappa shape index (κ2) is 9.51. The molecule has 0 spiro atoms. The molecule has 4 rings (SSSR count). The quantitative estimate of drug-likeness (QED) is 0.735. The number of urea groups is 1. The lowest BCUT2D eigenvalue weighted by Gasteiger charge is -2.29. The number of hydrogen-bond donors (Lipinski definition) is 1. The van der Waals surface area contributed by atoms with E-state index in [1.807, 2.05) is 0 Å². The number of amides is 3. The summed E-state index contributed by atoms with van der Waals surface area (Å²) in [6, 6.07) is 9.09. The molecule has 1 N–H and O–H groups in total. The molecule has 0 unspecified atom stereocenters. The van der Waals surface area contributed by atoms with Crippen LogP contribution in [0.1, 0.15) is 25.7 Å². The molecule has 9 heteroatoms. The fourth-order valence-electron chi connectivity index (χ4n) is 3.96. The van der Waals surface area contributed by atoms with E-state index in [-0.39, 0.29) is 36.4 Å². The molecule has 1 aliphatic carbocycles. The molecule has 1 aromatic carbocycles. The van der Waals surface area contributed by atoms with Crippen LogP contribution in [0.3, 0.4) is 0 Å². The molecule has 2 aromatic rings. The topological polar surface area (TPSA) is 74.8 Å². The molecule has 1 saturated carbocycles. The van der Waals surface area contributed by atoms with Gasteiger partial charge < -0.3 is 15.0 Å². The molecule has 1 aromatic heterocycles. The molecule has 7 nitrogen and oxygen atoms in total. The number of nitrogens with zero attached hydrogens (tertiary/aromatic N) is 3. The number of hydrogen-bond acceptors (Lipinski definition) is 4. The SMILES string of the molecule is O=C(CN1CCN(c2ccc(F)cc2)C1=O)NC1CCC(Oc2ccc(Cl)cn2)CC1. The van der Waals surface area contributed by atoms with Crippen LogP contribution < -0.4 is 15.0 Å². The third-order valence-electron chi connectivity index (χ3n) is 5.59. The first-order chi connectivity index (χ1) is 15.0. The minimum absolute atomic E-state index is 0.0155. The van der Waals surface area contributed by atoms with Gasteiger partial charge >= 0.3 is 6.03 Å². The highest BCUT2D eigenvalue weighted by atomic mass is 35.5. The summed E-state index contributed by atoms with van der Waals surface area (Å²) in [6.07, 6.45) is 4.86. The van der Waals surface area contributed by atoms with Gasteiger partial charge in [0, 0.05) is 37.1 Å². The zero-order chi connectivity index (χ0) is 21.8. The largest absolute Gasteiger partial charge is 0.474 e. The van der Waals surface area contributed by atoms with E-state index in [9.17, 15) is 14.0 Å². The van der Waals surface area contributed by atoms with Gasteiger partial charge in [0.15, 0.2) is 0 Å². The van der Waals surface area contributed by atoms with Gasteiger partial charge in [0.2, 0.25) is 11.8 Å². The molecule has 0 bridgehead atoms. The second-order valence-corrected chi connectivity index (χ2v) is 8.24. The lowest BCUT2D eigenvalue weighted by atomic mass is 9.93. The molecular weight excluding hydrogens is 423 g/mol. The van der Waals surface area contributed by atoms with E-state index in [1.54, 1.807) is 35.4 Å². The van der Waals surface area contributed by atoms with Gasteiger partial charge in [-0.3, -0.25) is 9.69 Å². The van der Waals surface area contributed by atoms with E-state index in [4.69, 9.17) is 16.3 Å². The molecule has 164 valence electrons. The number of carbonyl (C=O) groups is 2. The first kappa shape index (κ1) is 21.4. The van der Waals surface area contributed by atoms with Crippen LogP contribution in [-0.4, -0.2) is 53.6 Å². The maximum absolute atomic E-state index is 13.1. The Balaban J connectivity index is 1.21. The van der Waals surface area contributed by atoms with E-state index >= 15 is 0 Å². The van der Waals surface area contributed by atoms with Gasteiger partial charge in [-0.2, -0.15) is 0 Å². The normalized spacial score (nSPS) is 21.3. The van der Waals surface area contributed by atoms with Crippen molar-refractivity contribution in [2.45, 2.75) is 37.8 Å². The highest BCUT2D eigenvalue weighted by Crippen LogP contribution is 2.24. The first-order valence-electron chi connectivity index (χ1n) is 10.4. The molecule has 0 atom stereocenters. The van der Waals surface area contributed by atoms with Crippen molar-refractivity contribution in [3.8, 4) is 5.88 Å². The van der Waals surface area contributed by atoms with Crippen molar-refractivity contribution in [3.05, 3.63) is 53.4 Å². The Kier molecular flexibility index (Phi) is 6.56. The van der Waals surface area contributed by atoms with Crippen LogP contribution in [0.25, 0.3) is 0 Å². The fourth-order valence-corrected chi connectivity index (χ4v) is 4.08. The maximum Gasteiger partial charge on any atom is 0.325 e. The summed E-state index contributed by atoms with van der Waals surface area (Å²) in [4.78, 5) is 32.3. The third-order valence-corrected chi connectivity index (χ3v) is 5.82. The number of halogens is 2. The maximum atomic E-state index is 13.1. The van der Waals surface area contributed by atoms with Crippen LogP contribution in [0, 0.1) is 5.82 Å². The number of pyridine rings is 1. The summed E-state index contributed by atoms with van der Waals surface area (Å²) < 4.78 is 19.0. The molecule has 2 aliphatic rings. The lowest BCUT2D eigenvalue weighted by Crippen LogP contribution is -2.45. The highest BCUT2D eigenvalue weighted by molar-refractivity contribution is 6.30. The van der Waals surface area contributed by atoms with Crippen molar-refractivity contribution >= 4 is 29.2 Å². The Labute approximate surface area is 185 Å². The van der Waals surface area contributed by atoms with Crippen molar-refractivity contribution in [1.82, 2.24) is 15.2 Å². The van der Waals surface area contributed by atoms with Crippen LogP contribution in [0.4, 0.5) is 14.9 Å². The molecular formula is C22H24ClFN4O3. The van der Waals surface area contributed by atoms with Crippen molar-refractivity contribution in [1.29, 1.82) is 0 Å². The van der Waals surface area contributed by atoms with Crippen molar-refractivity contribution in [2.75, 3.05) is 24.5 Å². The number of ether oxygens (including phenoxy) is 1. The van der Waals surface area contributed by atoms with Crippen LogP contribution in [-0.2, 0) is 4.79 Å². The van der Waals surface area contributed by atoms with E-state index in [0.29, 0.717) is 29.7 Å². The van der Waals surface area contributed by atoms with Gasteiger partial charge in [0.1, 0.15) is 18.5 Å². The van der Waals surface area contributed by atoms with Crippen molar-refractivity contribution < 1.29 is 18.7 Å². The molecule has 2 heterocycles. The number of rotatable bonds is 6. The molecule has 1 aliphatic heterocycles. The molecule has 0 radical (unpaired) electrons. The summed E-state index contributed by atoms with van der Waals surface area (Å²) >= 11 is 5.84. The number of anilines is 1. The van der Waals surface area contributed by atoms with E-state index in [2.05, 4.69) is 10.3 Å². The minimum atomic E-state index is -0.351. The van der Waals surface area contributed by atoms with Gasteiger partial charge in [-0.25, -0.2) is 14.2 Å². The summed E-state index contributed by atoms with van der Waals surface area (Å²) in [6.45, 7) is 0.943. The third kappa shape index (κ3) is 5.44. The summed E-state index contributed by atoms with van der Waals surface area (Å²) in [5, 5.41) is 3.60. The molecule has 3 amide bonds. The molecule has 1 saturated heterocycles. The van der Waals surface area contributed by atoms with E-state index < -0.39 is 0 Å². The van der Waals surface area contributed by atoms with Gasteiger partial charge in [0.05, 0.1) is 5.02 Å². The van der Waals surface area contributed by atoms with Crippen LogP contribution in [0.2, 0.25) is 5.02 Å². The van der Waals surface area contributed by atoms with E-state index in [1.165, 1.54) is 17.0 Å². The monoisotopic (exact) mass is 446 g/mol. The summed E-state index contributed by atoms with van der Waals surface area (Å²) in [5.74, 6) is 0.0318. The van der Waals surface area contributed by atoms with Crippen molar-refractivity contribution in [2.24, 2.45) is 0 Å². The Hall–Kier alpha value is -2.87. The van der Waals surface area contributed by atoms with Crippen LogP contribution in [0.5, 0.6) is 5.88 Å². The van der Waals surface area contributed by atoms with E-state index in [0.717, 1.165) is 25.7 Å². The zero-order valence-corrected chi connectivity index (χ0v) is 17.7. The van der Waals surface area contributed by atoms with Crippen molar-refractivity contribution in [3.63, 3.8) is 0 Å². The summed E-state index contributed by atoms with van der Waals surface area (Å²) in [7, 11) is 0. The minimum Gasteiger partial charge on any atom is -0.474 e. The second-order valence-electron chi connectivity index (χ2n) is 7.81. The Morgan fingerprint density at radius 2 is 1.87 bits per heavy atom. The predicted molar refractivity (Wildman–Crippen MR) is 115 cm³/mol. The Bertz CT molecular complexity index is 917. The number of nitrogens with one attached hydrogen (secondary N) is 1. The Morgan fingerprint density at radius 3 is 2.55 bits per heavy atom. The van der Waals surface area contributed by atoms with Gasteiger partial charge in [0.25, 0.3) is 0 Å². The van der Waals surface area contributed by atoms with Gasteiger partial charge in [-0.1, -0.05) is 11.6 Å². The first-order valence-corrected chi connectivity index (χ1v) is 10.8. The smallest absolute Gasteiger partial charge is 0.325 e. The zero-order valence-electron chi connectivity index (χ0n) is 17.0. The number of aromatic nitrogens is 1. The van der Waals surface area contributed by atoms with Gasteiger partial charge in [-0.05, 0) is 56.0 Å². The average Bonchev–Trinajstić information content (AvgIpc) is 3.12. The predicted octanol–water partition coefficient (Wildman–Crippen LogP) is 3.62. The van der Waals surface area contributed by atoms with Crippen LogP contribution in [0.15, 0.2) is 42.6 Å². The number of carbonyl (C=O) groups excluding carboxylic acids is 2. The van der Waals surface area contributed by atoms with Gasteiger partial charge in [-0.15, -0.1) is 0 Å². The average molecular weight is 447 g/mol. The number of benzene rings is 1. The standard InChI is InChI=1S/C22H24ClFN4O3/c23-15-1-10-21(25-13-15)31-19-8-4-17(5-9-19)26-20(29)14-27-11-12-28(22(27)30)18-6-2-16(24)3-7-18/h1-3,6-7,10,13,17,19H,4-5,8-9,11-12,14H2,(H,26,29). The highest BCUT2D eigenvalue weighted by Gasteiger charge is 2.31. The molecule has 2 fully saturated rings. The Morgan fingerprint density at radius 1 is 1.13 bits per heavy atom. The molecule has 31 heavy (non-hydrogen) atoms. The lowest BCUT2D eigenvalue weighted by molar-refractivity contribution is -0.122. The van der Waals surface area contributed by atoms with Crippen LogP contribution >= 0.6 is 11.6 Å². The fraction of sp³-hybridized carbons (Fsp3) is 0.409.